The summed E-state index contributed by atoms with van der Waals surface area (Å²) in [4.78, 5) is 12.6. The van der Waals surface area contributed by atoms with E-state index in [4.69, 9.17) is 22.1 Å². The first kappa shape index (κ1) is 15.7. The maximum absolute atomic E-state index is 12.6. The van der Waals surface area contributed by atoms with Crippen molar-refractivity contribution in [2.75, 3.05) is 12.8 Å². The van der Waals surface area contributed by atoms with Gasteiger partial charge in [-0.2, -0.15) is 0 Å². The molecule has 0 saturated heterocycles. The van der Waals surface area contributed by atoms with Crippen molar-refractivity contribution in [1.82, 2.24) is 5.32 Å². The third-order valence-electron chi connectivity index (χ3n) is 4.19. The highest BCUT2D eigenvalue weighted by molar-refractivity contribution is 6.31. The molecule has 1 atom stereocenters. The number of hydrogen-bond acceptors (Lipinski definition) is 3. The Balaban J connectivity index is 1.86. The van der Waals surface area contributed by atoms with E-state index < -0.39 is 0 Å². The molecule has 23 heavy (non-hydrogen) atoms. The van der Waals surface area contributed by atoms with Crippen molar-refractivity contribution in [3.8, 4) is 5.75 Å². The van der Waals surface area contributed by atoms with Crippen LogP contribution in [0.3, 0.4) is 0 Å². The van der Waals surface area contributed by atoms with Crippen molar-refractivity contribution in [3.05, 3.63) is 58.1 Å². The van der Waals surface area contributed by atoms with E-state index in [0.29, 0.717) is 16.3 Å². The molecule has 0 aromatic heterocycles. The first-order chi connectivity index (χ1) is 11.1. The van der Waals surface area contributed by atoms with Crippen molar-refractivity contribution in [2.45, 2.75) is 25.3 Å². The summed E-state index contributed by atoms with van der Waals surface area (Å²) in [5, 5.41) is 3.60. The van der Waals surface area contributed by atoms with Gasteiger partial charge in [0.1, 0.15) is 5.75 Å². The van der Waals surface area contributed by atoms with Crippen LogP contribution in [0.1, 0.15) is 40.4 Å². The number of amides is 1. The van der Waals surface area contributed by atoms with E-state index in [0.717, 1.165) is 30.5 Å². The monoisotopic (exact) mass is 330 g/mol. The van der Waals surface area contributed by atoms with Gasteiger partial charge >= 0.3 is 0 Å². The fourth-order valence-corrected chi connectivity index (χ4v) is 3.25. The minimum absolute atomic E-state index is 0.0180. The number of ether oxygens (including phenoxy) is 1. The van der Waals surface area contributed by atoms with Crippen LogP contribution >= 0.6 is 11.6 Å². The van der Waals surface area contributed by atoms with Crippen LogP contribution in [0.15, 0.2) is 36.4 Å². The normalized spacial score (nSPS) is 16.5. The Morgan fingerprint density at radius 2 is 2.13 bits per heavy atom. The minimum Gasteiger partial charge on any atom is -0.496 e. The average Bonchev–Trinajstić information content (AvgIpc) is 2.54. The zero-order valence-corrected chi connectivity index (χ0v) is 13.7. The van der Waals surface area contributed by atoms with Gasteiger partial charge < -0.3 is 15.8 Å². The van der Waals surface area contributed by atoms with E-state index in [9.17, 15) is 4.79 Å². The molecule has 4 nitrogen and oxygen atoms in total. The van der Waals surface area contributed by atoms with E-state index in [1.165, 1.54) is 5.56 Å². The average molecular weight is 331 g/mol. The quantitative estimate of drug-likeness (QED) is 0.843. The van der Waals surface area contributed by atoms with Crippen LogP contribution in [0.5, 0.6) is 5.75 Å². The first-order valence-corrected chi connectivity index (χ1v) is 7.99. The van der Waals surface area contributed by atoms with E-state index in [-0.39, 0.29) is 11.9 Å². The van der Waals surface area contributed by atoms with Gasteiger partial charge in [0, 0.05) is 10.7 Å². The second kappa shape index (κ2) is 6.50. The minimum atomic E-state index is -0.181. The molecule has 2 aromatic rings. The molecule has 0 aliphatic heterocycles. The number of hydrogen-bond donors (Lipinski definition) is 2. The molecule has 0 bridgehead atoms. The molecule has 1 aliphatic rings. The first-order valence-electron chi connectivity index (χ1n) is 7.61. The van der Waals surface area contributed by atoms with E-state index in [1.54, 1.807) is 25.3 Å². The van der Waals surface area contributed by atoms with E-state index >= 15 is 0 Å². The van der Waals surface area contributed by atoms with Gasteiger partial charge in [-0.05, 0) is 60.7 Å². The SMILES string of the molecule is COc1ccc(Cl)cc1C(=O)NC1CCCc2cc(N)ccc21. The number of nitrogens with one attached hydrogen (secondary N) is 1. The molecule has 0 fully saturated rings. The van der Waals surface area contributed by atoms with Crippen molar-refractivity contribution in [3.63, 3.8) is 0 Å². The van der Waals surface area contributed by atoms with Crippen LogP contribution in [0.25, 0.3) is 0 Å². The molecule has 0 saturated carbocycles. The number of anilines is 1. The molecular weight excluding hydrogens is 312 g/mol. The topological polar surface area (TPSA) is 64.3 Å². The molecule has 1 aliphatic carbocycles. The summed E-state index contributed by atoms with van der Waals surface area (Å²) in [6.07, 6.45) is 2.92. The summed E-state index contributed by atoms with van der Waals surface area (Å²) in [6.45, 7) is 0. The molecule has 1 amide bonds. The Kier molecular flexibility index (Phi) is 4.44. The van der Waals surface area contributed by atoms with Crippen molar-refractivity contribution < 1.29 is 9.53 Å². The molecule has 0 radical (unpaired) electrons. The predicted molar refractivity (Wildman–Crippen MR) is 92.0 cm³/mol. The maximum atomic E-state index is 12.6. The third-order valence-corrected chi connectivity index (χ3v) is 4.43. The van der Waals surface area contributed by atoms with Crippen LogP contribution in [-0.4, -0.2) is 13.0 Å². The maximum Gasteiger partial charge on any atom is 0.255 e. The van der Waals surface area contributed by atoms with E-state index in [1.807, 2.05) is 18.2 Å². The Labute approximate surface area is 140 Å². The number of benzene rings is 2. The fraction of sp³-hybridized carbons (Fsp3) is 0.278. The smallest absolute Gasteiger partial charge is 0.255 e. The Morgan fingerprint density at radius 3 is 2.91 bits per heavy atom. The fourth-order valence-electron chi connectivity index (χ4n) is 3.08. The van der Waals surface area contributed by atoms with Gasteiger partial charge in [0.2, 0.25) is 0 Å². The zero-order chi connectivity index (χ0) is 16.4. The molecule has 3 rings (SSSR count). The standard InChI is InChI=1S/C18H19ClN2O2/c1-23-17-8-5-12(19)10-15(17)18(22)21-16-4-2-3-11-9-13(20)6-7-14(11)16/h5-10,16H,2-4,20H2,1H3,(H,21,22). The molecule has 120 valence electrons. The molecule has 5 heteroatoms. The van der Waals surface area contributed by atoms with Gasteiger partial charge in [-0.1, -0.05) is 17.7 Å². The lowest BCUT2D eigenvalue weighted by atomic mass is 9.87. The van der Waals surface area contributed by atoms with Crippen molar-refractivity contribution in [1.29, 1.82) is 0 Å². The van der Waals surface area contributed by atoms with Gasteiger partial charge in [-0.3, -0.25) is 4.79 Å². The number of fused-ring (bicyclic) bond motifs is 1. The van der Waals surface area contributed by atoms with Crippen molar-refractivity contribution >= 4 is 23.2 Å². The summed E-state index contributed by atoms with van der Waals surface area (Å²) in [5.74, 6) is 0.333. The number of aryl methyl sites for hydroxylation is 1. The lowest BCUT2D eigenvalue weighted by Crippen LogP contribution is -2.31. The highest BCUT2D eigenvalue weighted by atomic mass is 35.5. The van der Waals surface area contributed by atoms with Gasteiger partial charge in [0.15, 0.2) is 0 Å². The highest BCUT2D eigenvalue weighted by Crippen LogP contribution is 2.32. The Bertz CT molecular complexity index is 746. The molecule has 0 spiro atoms. The number of methoxy groups -OCH3 is 1. The van der Waals surface area contributed by atoms with Gasteiger partial charge in [-0.15, -0.1) is 0 Å². The molecule has 3 N–H and O–H groups in total. The zero-order valence-electron chi connectivity index (χ0n) is 12.9. The van der Waals surface area contributed by atoms with Crippen molar-refractivity contribution in [2.24, 2.45) is 0 Å². The van der Waals surface area contributed by atoms with Gasteiger partial charge in [0.05, 0.1) is 18.7 Å². The Hall–Kier alpha value is -2.20. The van der Waals surface area contributed by atoms with Crippen LogP contribution in [0.4, 0.5) is 5.69 Å². The summed E-state index contributed by atoms with van der Waals surface area (Å²) in [7, 11) is 1.54. The number of carbonyl (C=O) groups is 1. The summed E-state index contributed by atoms with van der Waals surface area (Å²) < 4.78 is 5.26. The van der Waals surface area contributed by atoms with Crippen LogP contribution in [0.2, 0.25) is 5.02 Å². The summed E-state index contributed by atoms with van der Waals surface area (Å²) >= 11 is 6.01. The number of nitrogens with two attached hydrogens (primary N) is 1. The third kappa shape index (κ3) is 3.27. The lowest BCUT2D eigenvalue weighted by molar-refractivity contribution is 0.0929. The van der Waals surface area contributed by atoms with Gasteiger partial charge in [0.25, 0.3) is 5.91 Å². The number of carbonyl (C=O) groups excluding carboxylic acids is 1. The second-order valence-electron chi connectivity index (χ2n) is 5.72. The number of rotatable bonds is 3. The van der Waals surface area contributed by atoms with E-state index in [2.05, 4.69) is 5.32 Å². The van der Waals surface area contributed by atoms with Gasteiger partial charge in [-0.25, -0.2) is 0 Å². The second-order valence-corrected chi connectivity index (χ2v) is 6.16. The number of nitrogen functional groups attached to an aromatic ring is 1. The Morgan fingerprint density at radius 1 is 1.30 bits per heavy atom. The summed E-state index contributed by atoms with van der Waals surface area (Å²) in [5.41, 5.74) is 9.41. The molecule has 1 unspecified atom stereocenters. The number of halogens is 1. The summed E-state index contributed by atoms with van der Waals surface area (Å²) in [6, 6.07) is 10.9. The largest absolute Gasteiger partial charge is 0.496 e. The van der Waals surface area contributed by atoms with Crippen LogP contribution in [-0.2, 0) is 6.42 Å². The lowest BCUT2D eigenvalue weighted by Gasteiger charge is -2.27. The molecule has 2 aromatic carbocycles. The van der Waals surface area contributed by atoms with Crippen LogP contribution < -0.4 is 15.8 Å². The molecular formula is C18H19ClN2O2. The predicted octanol–water partition coefficient (Wildman–Crippen LogP) is 3.74. The highest BCUT2D eigenvalue weighted by Gasteiger charge is 2.23. The molecule has 0 heterocycles. The van der Waals surface area contributed by atoms with Crippen LogP contribution in [0, 0.1) is 0 Å².